The summed E-state index contributed by atoms with van der Waals surface area (Å²) in [5.74, 6) is 0.796. The molecule has 0 aliphatic heterocycles. The molecule has 0 radical (unpaired) electrons. The fraction of sp³-hybridized carbons (Fsp3) is 0.250. The van der Waals surface area contributed by atoms with Gasteiger partial charge in [-0.3, -0.25) is 0 Å². The van der Waals surface area contributed by atoms with Crippen molar-refractivity contribution < 1.29 is 0 Å². The molecule has 2 rings (SSSR count). The van der Waals surface area contributed by atoms with Gasteiger partial charge < -0.3 is 5.32 Å². The summed E-state index contributed by atoms with van der Waals surface area (Å²) < 4.78 is 0.856. The Bertz CT molecular complexity index is 456. The Kier molecular flexibility index (Phi) is 4.17. The van der Waals surface area contributed by atoms with Crippen LogP contribution in [-0.2, 0) is 13.1 Å². The van der Waals surface area contributed by atoms with Crippen molar-refractivity contribution in [3.63, 3.8) is 0 Å². The summed E-state index contributed by atoms with van der Waals surface area (Å²) in [6.07, 6.45) is 1.77. The first-order chi connectivity index (χ1) is 8.24. The maximum atomic E-state index is 4.34. The smallest absolute Gasteiger partial charge is 0.125 e. The van der Waals surface area contributed by atoms with Crippen molar-refractivity contribution in [2.75, 3.05) is 0 Å². The second kappa shape index (κ2) is 5.84. The van der Waals surface area contributed by atoms with Crippen molar-refractivity contribution >= 4 is 15.9 Å². The van der Waals surface area contributed by atoms with E-state index in [1.807, 2.05) is 31.2 Å². The normalized spacial score (nSPS) is 10.5. The third kappa shape index (κ3) is 3.87. The first kappa shape index (κ1) is 12.1. The number of aromatic nitrogens is 3. The molecule has 0 fully saturated rings. The molecular formula is C12H13BrN4. The van der Waals surface area contributed by atoms with Gasteiger partial charge in [0.1, 0.15) is 10.4 Å². The molecule has 0 spiro atoms. The van der Waals surface area contributed by atoms with Crippen LogP contribution in [0.15, 0.2) is 35.1 Å². The van der Waals surface area contributed by atoms with Crippen molar-refractivity contribution in [3.8, 4) is 0 Å². The quantitative estimate of drug-likeness (QED) is 0.878. The van der Waals surface area contributed by atoms with Crippen LogP contribution in [0.2, 0.25) is 0 Å². The first-order valence-electron chi connectivity index (χ1n) is 5.35. The van der Waals surface area contributed by atoms with Gasteiger partial charge in [0.05, 0.1) is 11.4 Å². The van der Waals surface area contributed by atoms with E-state index in [0.29, 0.717) is 0 Å². The molecule has 0 aromatic carbocycles. The third-order valence-electron chi connectivity index (χ3n) is 2.22. The van der Waals surface area contributed by atoms with Crippen LogP contribution in [0.3, 0.4) is 0 Å². The zero-order valence-corrected chi connectivity index (χ0v) is 11.1. The van der Waals surface area contributed by atoms with Crippen molar-refractivity contribution in [1.29, 1.82) is 0 Å². The Morgan fingerprint density at radius 1 is 1.12 bits per heavy atom. The van der Waals surface area contributed by atoms with Gasteiger partial charge in [0.25, 0.3) is 0 Å². The second-order valence-corrected chi connectivity index (χ2v) is 4.46. The van der Waals surface area contributed by atoms with Gasteiger partial charge in [0.2, 0.25) is 0 Å². The van der Waals surface area contributed by atoms with Gasteiger partial charge in [-0.05, 0) is 41.1 Å². The summed E-state index contributed by atoms with van der Waals surface area (Å²) in [4.78, 5) is 12.7. The lowest BCUT2D eigenvalue weighted by Crippen LogP contribution is -2.15. The molecule has 2 heterocycles. The van der Waals surface area contributed by atoms with Crippen LogP contribution in [0.5, 0.6) is 0 Å². The monoisotopic (exact) mass is 292 g/mol. The van der Waals surface area contributed by atoms with Crippen LogP contribution in [-0.4, -0.2) is 15.0 Å². The average molecular weight is 293 g/mol. The molecule has 0 saturated carbocycles. The predicted molar refractivity (Wildman–Crippen MR) is 69.2 cm³/mol. The van der Waals surface area contributed by atoms with Crippen molar-refractivity contribution in [2.45, 2.75) is 20.0 Å². The molecule has 88 valence electrons. The van der Waals surface area contributed by atoms with E-state index in [9.17, 15) is 0 Å². The minimum Gasteiger partial charge on any atom is -0.306 e. The van der Waals surface area contributed by atoms with Crippen LogP contribution < -0.4 is 5.32 Å². The Labute approximate surface area is 109 Å². The third-order valence-corrected chi connectivity index (χ3v) is 2.66. The highest BCUT2D eigenvalue weighted by atomic mass is 79.9. The fourth-order valence-electron chi connectivity index (χ4n) is 1.47. The molecule has 0 saturated heterocycles. The molecular weight excluding hydrogens is 280 g/mol. The molecule has 1 N–H and O–H groups in total. The first-order valence-corrected chi connectivity index (χ1v) is 6.14. The number of hydrogen-bond donors (Lipinski definition) is 1. The number of nitrogens with zero attached hydrogens (tertiary/aromatic N) is 3. The summed E-state index contributed by atoms with van der Waals surface area (Å²) in [7, 11) is 0. The maximum absolute atomic E-state index is 4.34. The molecule has 2 aromatic rings. The van der Waals surface area contributed by atoms with Gasteiger partial charge in [-0.25, -0.2) is 15.0 Å². The molecule has 0 atom stereocenters. The summed E-state index contributed by atoms with van der Waals surface area (Å²) in [5.41, 5.74) is 2.00. The molecule has 4 nitrogen and oxygen atoms in total. The zero-order chi connectivity index (χ0) is 12.1. The van der Waals surface area contributed by atoms with Crippen molar-refractivity contribution in [1.82, 2.24) is 20.3 Å². The van der Waals surface area contributed by atoms with Crippen LogP contribution in [0, 0.1) is 6.92 Å². The van der Waals surface area contributed by atoms with Crippen LogP contribution in [0.25, 0.3) is 0 Å². The van der Waals surface area contributed by atoms with Gasteiger partial charge in [-0.1, -0.05) is 6.07 Å². The van der Waals surface area contributed by atoms with Gasteiger partial charge in [-0.2, -0.15) is 0 Å². The topological polar surface area (TPSA) is 50.7 Å². The Morgan fingerprint density at radius 3 is 2.59 bits per heavy atom. The number of hydrogen-bond acceptors (Lipinski definition) is 4. The Balaban J connectivity index is 1.87. The number of halogens is 1. The molecule has 0 amide bonds. The molecule has 0 aliphatic carbocycles. The summed E-state index contributed by atoms with van der Waals surface area (Å²) >= 11 is 3.35. The van der Waals surface area contributed by atoms with Crippen LogP contribution in [0.4, 0.5) is 0 Å². The lowest BCUT2D eigenvalue weighted by molar-refractivity contribution is 0.662. The average Bonchev–Trinajstić information content (AvgIpc) is 2.29. The SMILES string of the molecule is Cc1nccc(CNCc2cccc(Br)n2)n1. The molecule has 0 aliphatic rings. The molecule has 17 heavy (non-hydrogen) atoms. The van der Waals surface area contributed by atoms with Gasteiger partial charge >= 0.3 is 0 Å². The zero-order valence-electron chi connectivity index (χ0n) is 9.52. The van der Waals surface area contributed by atoms with E-state index in [4.69, 9.17) is 0 Å². The van der Waals surface area contributed by atoms with E-state index in [0.717, 1.165) is 34.9 Å². The van der Waals surface area contributed by atoms with Crippen LogP contribution in [0.1, 0.15) is 17.2 Å². The molecule has 2 aromatic heterocycles. The Hall–Kier alpha value is -1.33. The highest BCUT2D eigenvalue weighted by Gasteiger charge is 1.98. The molecule has 0 unspecified atom stereocenters. The predicted octanol–water partition coefficient (Wildman–Crippen LogP) is 2.23. The van der Waals surface area contributed by atoms with E-state index in [1.165, 1.54) is 0 Å². The second-order valence-electron chi connectivity index (χ2n) is 3.65. The van der Waals surface area contributed by atoms with E-state index >= 15 is 0 Å². The fourth-order valence-corrected chi connectivity index (χ4v) is 1.85. The molecule has 0 bridgehead atoms. The van der Waals surface area contributed by atoms with Crippen molar-refractivity contribution in [3.05, 3.63) is 52.3 Å². The minimum atomic E-state index is 0.720. The van der Waals surface area contributed by atoms with E-state index in [-0.39, 0.29) is 0 Å². The van der Waals surface area contributed by atoms with E-state index in [2.05, 4.69) is 36.2 Å². The summed E-state index contributed by atoms with van der Waals surface area (Å²) in [6, 6.07) is 7.79. The van der Waals surface area contributed by atoms with Gasteiger partial charge in [0, 0.05) is 19.3 Å². The number of aryl methyl sites for hydroxylation is 1. The highest BCUT2D eigenvalue weighted by molar-refractivity contribution is 9.10. The van der Waals surface area contributed by atoms with E-state index in [1.54, 1.807) is 6.20 Å². The Morgan fingerprint density at radius 2 is 1.88 bits per heavy atom. The number of pyridine rings is 1. The standard InChI is InChI=1S/C12H13BrN4/c1-9-15-6-5-11(16-9)8-14-7-10-3-2-4-12(13)17-10/h2-6,14H,7-8H2,1H3. The number of rotatable bonds is 4. The number of nitrogens with one attached hydrogen (secondary N) is 1. The van der Waals surface area contributed by atoms with E-state index < -0.39 is 0 Å². The minimum absolute atomic E-state index is 0.720. The largest absolute Gasteiger partial charge is 0.306 e. The van der Waals surface area contributed by atoms with Crippen LogP contribution >= 0.6 is 15.9 Å². The lowest BCUT2D eigenvalue weighted by atomic mass is 10.3. The summed E-state index contributed by atoms with van der Waals surface area (Å²) in [6.45, 7) is 3.33. The highest BCUT2D eigenvalue weighted by Crippen LogP contribution is 2.06. The lowest BCUT2D eigenvalue weighted by Gasteiger charge is -2.04. The molecule has 5 heteroatoms. The van der Waals surface area contributed by atoms with Gasteiger partial charge in [0.15, 0.2) is 0 Å². The maximum Gasteiger partial charge on any atom is 0.125 e. The summed E-state index contributed by atoms with van der Waals surface area (Å²) in [5, 5.41) is 3.30. The van der Waals surface area contributed by atoms with Crippen molar-refractivity contribution in [2.24, 2.45) is 0 Å². The van der Waals surface area contributed by atoms with Gasteiger partial charge in [-0.15, -0.1) is 0 Å².